The Hall–Kier alpha value is -3.14. The number of aromatic nitrogens is 1. The minimum atomic E-state index is -0.396. The summed E-state index contributed by atoms with van der Waals surface area (Å²) in [4.78, 5) is 16.0. The van der Waals surface area contributed by atoms with Crippen molar-refractivity contribution in [2.45, 2.75) is 0 Å². The van der Waals surface area contributed by atoms with Crippen molar-refractivity contribution < 1.29 is 9.53 Å². The molecule has 0 aliphatic carbocycles. The molecule has 1 N–H and O–H groups in total. The van der Waals surface area contributed by atoms with Crippen LogP contribution in [0.25, 0.3) is 16.8 Å². The number of hydrogen-bond donors (Lipinski definition) is 1. The van der Waals surface area contributed by atoms with Crippen molar-refractivity contribution >= 4 is 40.2 Å². The minimum absolute atomic E-state index is 0.396. The van der Waals surface area contributed by atoms with Crippen LogP contribution in [0.2, 0.25) is 5.02 Å². The van der Waals surface area contributed by atoms with Crippen molar-refractivity contribution in [3.63, 3.8) is 0 Å². The number of hydrogen-bond acceptors (Lipinski definition) is 6. The number of allylic oxidation sites excluding steroid dienone is 1. The lowest BCUT2D eigenvalue weighted by Crippen LogP contribution is -2.00. The Bertz CT molecular complexity index is 1020. The van der Waals surface area contributed by atoms with Crippen LogP contribution in [-0.2, 0) is 4.74 Å². The average molecular weight is 396 g/mol. The van der Waals surface area contributed by atoms with E-state index in [1.54, 1.807) is 42.6 Å². The number of esters is 1. The third kappa shape index (κ3) is 4.53. The van der Waals surface area contributed by atoms with E-state index >= 15 is 0 Å². The maximum absolute atomic E-state index is 11.4. The van der Waals surface area contributed by atoms with E-state index in [1.165, 1.54) is 18.4 Å². The quantitative estimate of drug-likeness (QED) is 0.473. The molecule has 0 radical (unpaired) electrons. The van der Waals surface area contributed by atoms with Gasteiger partial charge in [-0.05, 0) is 36.4 Å². The maximum atomic E-state index is 11.4. The molecule has 0 spiro atoms. The first-order valence-corrected chi connectivity index (χ1v) is 9.13. The van der Waals surface area contributed by atoms with E-state index in [0.717, 1.165) is 16.9 Å². The fourth-order valence-electron chi connectivity index (χ4n) is 2.27. The van der Waals surface area contributed by atoms with Gasteiger partial charge >= 0.3 is 5.97 Å². The molecule has 27 heavy (non-hydrogen) atoms. The highest BCUT2D eigenvalue weighted by Gasteiger charge is 2.09. The van der Waals surface area contributed by atoms with Gasteiger partial charge < -0.3 is 10.1 Å². The van der Waals surface area contributed by atoms with Gasteiger partial charge in [0.1, 0.15) is 16.6 Å². The Morgan fingerprint density at radius 2 is 1.93 bits per heavy atom. The molecular weight excluding hydrogens is 382 g/mol. The summed E-state index contributed by atoms with van der Waals surface area (Å²) in [5.74, 6) is -0.396. The second-order valence-corrected chi connectivity index (χ2v) is 6.72. The van der Waals surface area contributed by atoms with Crippen molar-refractivity contribution in [2.24, 2.45) is 0 Å². The third-order valence-corrected chi connectivity index (χ3v) is 4.81. The highest BCUT2D eigenvalue weighted by Crippen LogP contribution is 2.27. The third-order valence-electron chi connectivity index (χ3n) is 3.68. The molecule has 0 fully saturated rings. The Morgan fingerprint density at radius 1 is 1.22 bits per heavy atom. The van der Waals surface area contributed by atoms with Gasteiger partial charge in [0.2, 0.25) is 0 Å². The molecule has 2 aromatic carbocycles. The van der Waals surface area contributed by atoms with Crippen LogP contribution >= 0.6 is 22.9 Å². The second kappa shape index (κ2) is 8.49. The van der Waals surface area contributed by atoms with E-state index in [4.69, 9.17) is 11.6 Å². The van der Waals surface area contributed by atoms with E-state index in [9.17, 15) is 10.1 Å². The first kappa shape index (κ1) is 18.6. The van der Waals surface area contributed by atoms with Gasteiger partial charge in [-0.3, -0.25) is 0 Å². The lowest BCUT2D eigenvalue weighted by molar-refractivity contribution is 0.0601. The molecule has 0 amide bonds. The molecule has 0 saturated heterocycles. The van der Waals surface area contributed by atoms with Crippen molar-refractivity contribution in [1.82, 2.24) is 4.98 Å². The van der Waals surface area contributed by atoms with Gasteiger partial charge in [-0.1, -0.05) is 23.7 Å². The largest absolute Gasteiger partial charge is 0.465 e. The molecule has 1 heterocycles. The number of carbonyl (C=O) groups is 1. The zero-order chi connectivity index (χ0) is 19.2. The molecule has 134 valence electrons. The molecule has 5 nitrogen and oxygen atoms in total. The van der Waals surface area contributed by atoms with Gasteiger partial charge in [-0.15, -0.1) is 11.3 Å². The van der Waals surface area contributed by atoms with Gasteiger partial charge in [0.15, 0.2) is 0 Å². The predicted molar refractivity (Wildman–Crippen MR) is 108 cm³/mol. The summed E-state index contributed by atoms with van der Waals surface area (Å²) in [6.45, 7) is 0. The van der Waals surface area contributed by atoms with E-state index in [-0.39, 0.29) is 0 Å². The van der Waals surface area contributed by atoms with Crippen LogP contribution in [-0.4, -0.2) is 18.1 Å². The van der Waals surface area contributed by atoms with Gasteiger partial charge in [-0.25, -0.2) is 9.78 Å². The lowest BCUT2D eigenvalue weighted by Gasteiger charge is -2.03. The zero-order valence-electron chi connectivity index (χ0n) is 14.3. The molecule has 0 saturated carbocycles. The Labute approximate surface area is 165 Å². The van der Waals surface area contributed by atoms with Gasteiger partial charge in [0, 0.05) is 27.9 Å². The average Bonchev–Trinajstić information content (AvgIpc) is 3.19. The van der Waals surface area contributed by atoms with Crippen LogP contribution in [0, 0.1) is 11.3 Å². The van der Waals surface area contributed by atoms with E-state index < -0.39 is 5.97 Å². The summed E-state index contributed by atoms with van der Waals surface area (Å²) in [5, 5.41) is 15.7. The monoisotopic (exact) mass is 395 g/mol. The molecular formula is C20H14ClN3O2S. The highest BCUT2D eigenvalue weighted by atomic mass is 35.5. The molecule has 3 rings (SSSR count). The summed E-state index contributed by atoms with van der Waals surface area (Å²) in [6.07, 6.45) is 1.59. The van der Waals surface area contributed by atoms with Gasteiger partial charge in [-0.2, -0.15) is 5.26 Å². The lowest BCUT2D eigenvalue weighted by atomic mass is 10.2. The van der Waals surface area contributed by atoms with Crippen LogP contribution in [0.1, 0.15) is 15.4 Å². The van der Waals surface area contributed by atoms with E-state index in [1.807, 2.05) is 17.5 Å². The number of ether oxygens (including phenoxy) is 1. The fraction of sp³-hybridized carbons (Fsp3) is 0.0500. The summed E-state index contributed by atoms with van der Waals surface area (Å²) in [6, 6.07) is 16.3. The summed E-state index contributed by atoms with van der Waals surface area (Å²) >= 11 is 7.30. The number of anilines is 1. The number of benzene rings is 2. The normalized spacial score (nSPS) is 10.9. The molecule has 0 atom stereocenters. The van der Waals surface area contributed by atoms with Crippen LogP contribution in [0.5, 0.6) is 0 Å². The Morgan fingerprint density at radius 3 is 2.56 bits per heavy atom. The van der Waals surface area contributed by atoms with Crippen molar-refractivity contribution in [2.75, 3.05) is 12.4 Å². The van der Waals surface area contributed by atoms with Crippen molar-refractivity contribution in [1.29, 1.82) is 5.26 Å². The van der Waals surface area contributed by atoms with Crippen molar-refractivity contribution in [3.05, 3.63) is 75.7 Å². The van der Waals surface area contributed by atoms with E-state index in [2.05, 4.69) is 21.1 Å². The van der Waals surface area contributed by atoms with Crippen LogP contribution < -0.4 is 5.32 Å². The SMILES string of the molecule is COC(=O)c1ccc(NC=C(C#N)c2nc(-c3ccc(Cl)cc3)cs2)cc1. The number of halogens is 1. The molecule has 3 aromatic rings. The maximum Gasteiger partial charge on any atom is 0.337 e. The Balaban J connectivity index is 1.76. The van der Waals surface area contributed by atoms with Crippen LogP contribution in [0.3, 0.4) is 0 Å². The molecule has 0 aliphatic rings. The number of nitrogens with one attached hydrogen (secondary N) is 1. The number of thiazole rings is 1. The zero-order valence-corrected chi connectivity index (χ0v) is 15.8. The van der Waals surface area contributed by atoms with Crippen LogP contribution in [0.15, 0.2) is 60.1 Å². The molecule has 7 heteroatoms. The fourth-order valence-corrected chi connectivity index (χ4v) is 3.19. The number of methoxy groups -OCH3 is 1. The Kier molecular flexibility index (Phi) is 5.87. The number of nitrogens with zero attached hydrogens (tertiary/aromatic N) is 2. The van der Waals surface area contributed by atoms with Crippen LogP contribution in [0.4, 0.5) is 5.69 Å². The van der Waals surface area contributed by atoms with E-state index in [0.29, 0.717) is 21.2 Å². The molecule has 0 unspecified atom stereocenters. The molecule has 0 aliphatic heterocycles. The number of rotatable bonds is 5. The topological polar surface area (TPSA) is 75.0 Å². The highest BCUT2D eigenvalue weighted by molar-refractivity contribution is 7.11. The molecule has 0 bridgehead atoms. The van der Waals surface area contributed by atoms with Gasteiger partial charge in [0.25, 0.3) is 0 Å². The first-order chi connectivity index (χ1) is 13.1. The number of carbonyl (C=O) groups excluding carboxylic acids is 1. The smallest absolute Gasteiger partial charge is 0.337 e. The first-order valence-electron chi connectivity index (χ1n) is 7.87. The summed E-state index contributed by atoms with van der Waals surface area (Å²) in [7, 11) is 1.34. The second-order valence-electron chi connectivity index (χ2n) is 5.43. The van der Waals surface area contributed by atoms with Gasteiger partial charge in [0.05, 0.1) is 18.4 Å². The molecule has 1 aromatic heterocycles. The predicted octanol–water partition coefficient (Wildman–Crippen LogP) is 5.23. The summed E-state index contributed by atoms with van der Waals surface area (Å²) in [5.41, 5.74) is 3.34. The number of nitriles is 1. The minimum Gasteiger partial charge on any atom is -0.465 e. The van der Waals surface area contributed by atoms with Crippen molar-refractivity contribution in [3.8, 4) is 17.3 Å². The standard InChI is InChI=1S/C20H14ClN3O2S/c1-26-20(25)14-4-8-17(9-5-14)23-11-15(10-22)19-24-18(12-27-19)13-2-6-16(21)7-3-13/h2-9,11-12,23H,1H3. The summed E-state index contributed by atoms with van der Waals surface area (Å²) < 4.78 is 4.67.